The van der Waals surface area contributed by atoms with Crippen molar-refractivity contribution in [1.82, 2.24) is 15.2 Å². The van der Waals surface area contributed by atoms with Crippen LogP contribution < -0.4 is 10.1 Å². The summed E-state index contributed by atoms with van der Waals surface area (Å²) in [6, 6.07) is 9.80. The maximum absolute atomic E-state index is 11.6. The first-order valence-electron chi connectivity index (χ1n) is 7.72. The molecule has 2 rings (SSSR count). The zero-order chi connectivity index (χ0) is 16.5. The number of fused-ring (bicyclic) bond motifs is 1. The minimum absolute atomic E-state index is 0.0707. The van der Waals surface area contributed by atoms with Crippen molar-refractivity contribution < 1.29 is 9.53 Å². The van der Waals surface area contributed by atoms with Crippen LogP contribution in [0.1, 0.15) is 6.42 Å². The number of pyridine rings is 1. The van der Waals surface area contributed by atoms with E-state index >= 15 is 0 Å². The lowest BCUT2D eigenvalue weighted by molar-refractivity contribution is -0.116. The van der Waals surface area contributed by atoms with Crippen LogP contribution >= 0.6 is 0 Å². The second kappa shape index (κ2) is 8.90. The van der Waals surface area contributed by atoms with E-state index in [0.29, 0.717) is 13.2 Å². The molecule has 0 aliphatic rings. The number of nitrogens with one attached hydrogen (secondary N) is 1. The molecule has 1 amide bonds. The molecule has 1 aromatic heterocycles. The van der Waals surface area contributed by atoms with Gasteiger partial charge in [0.15, 0.2) is 0 Å². The summed E-state index contributed by atoms with van der Waals surface area (Å²) in [4.78, 5) is 17.9. The summed E-state index contributed by atoms with van der Waals surface area (Å²) in [6.45, 7) is 1.88. The highest BCUT2D eigenvalue weighted by Crippen LogP contribution is 2.22. The van der Waals surface area contributed by atoms with Crippen LogP contribution in [0.5, 0.6) is 5.75 Å². The van der Waals surface area contributed by atoms with E-state index in [2.05, 4.69) is 10.3 Å². The molecule has 5 nitrogen and oxygen atoms in total. The minimum Gasteiger partial charge on any atom is -0.491 e. The average Bonchev–Trinajstić information content (AvgIpc) is 2.54. The Morgan fingerprint density at radius 2 is 2.13 bits per heavy atom. The number of rotatable bonds is 8. The van der Waals surface area contributed by atoms with Crippen molar-refractivity contribution in [2.45, 2.75) is 6.42 Å². The lowest BCUT2D eigenvalue weighted by Crippen LogP contribution is -2.24. The van der Waals surface area contributed by atoms with Crippen LogP contribution in [0.25, 0.3) is 10.9 Å². The maximum atomic E-state index is 11.6. The van der Waals surface area contributed by atoms with E-state index in [9.17, 15) is 4.79 Å². The number of likely N-dealkylation sites (N-methyl/N-ethyl adjacent to an activating group) is 1. The lowest BCUT2D eigenvalue weighted by Gasteiger charge is -2.08. The van der Waals surface area contributed by atoms with Gasteiger partial charge in [0, 0.05) is 30.7 Å². The van der Waals surface area contributed by atoms with Crippen molar-refractivity contribution in [3.8, 4) is 5.75 Å². The quantitative estimate of drug-likeness (QED) is 0.600. The predicted molar refractivity (Wildman–Crippen MR) is 92.6 cm³/mol. The summed E-state index contributed by atoms with van der Waals surface area (Å²) in [5.74, 6) is 0.707. The smallest absolute Gasteiger partial charge is 0.243 e. The molecule has 1 aromatic carbocycles. The summed E-state index contributed by atoms with van der Waals surface area (Å²) >= 11 is 0. The molecule has 0 saturated heterocycles. The van der Waals surface area contributed by atoms with Crippen molar-refractivity contribution in [1.29, 1.82) is 0 Å². The molecule has 0 unspecified atom stereocenters. The Morgan fingerprint density at radius 1 is 1.30 bits per heavy atom. The zero-order valence-corrected chi connectivity index (χ0v) is 13.7. The second-order valence-electron chi connectivity index (χ2n) is 5.49. The number of hydrogen-bond donors (Lipinski definition) is 1. The first kappa shape index (κ1) is 17.0. The highest BCUT2D eigenvalue weighted by Gasteiger charge is 2.02. The van der Waals surface area contributed by atoms with Gasteiger partial charge < -0.3 is 15.0 Å². The number of para-hydroxylation sites is 1. The SMILES string of the molecule is CN(C)C/C=C/C(=O)NCCCOc1cccc2cccnc12. The van der Waals surface area contributed by atoms with Crippen molar-refractivity contribution in [3.63, 3.8) is 0 Å². The number of nitrogens with zero attached hydrogens (tertiary/aromatic N) is 2. The van der Waals surface area contributed by atoms with E-state index in [-0.39, 0.29) is 5.91 Å². The Kier molecular flexibility index (Phi) is 6.56. The molecule has 122 valence electrons. The van der Waals surface area contributed by atoms with E-state index in [4.69, 9.17) is 4.74 Å². The third kappa shape index (κ3) is 5.71. The third-order valence-electron chi connectivity index (χ3n) is 3.21. The largest absolute Gasteiger partial charge is 0.491 e. The van der Waals surface area contributed by atoms with Crippen molar-refractivity contribution >= 4 is 16.8 Å². The fourth-order valence-corrected chi connectivity index (χ4v) is 2.09. The minimum atomic E-state index is -0.0707. The van der Waals surface area contributed by atoms with Gasteiger partial charge >= 0.3 is 0 Å². The van der Waals surface area contributed by atoms with Gasteiger partial charge in [-0.25, -0.2) is 0 Å². The first-order valence-corrected chi connectivity index (χ1v) is 7.72. The fourth-order valence-electron chi connectivity index (χ4n) is 2.09. The fraction of sp³-hybridized carbons (Fsp3) is 0.333. The highest BCUT2D eigenvalue weighted by atomic mass is 16.5. The second-order valence-corrected chi connectivity index (χ2v) is 5.49. The van der Waals surface area contributed by atoms with Crippen molar-refractivity contribution in [2.75, 3.05) is 33.8 Å². The summed E-state index contributed by atoms with van der Waals surface area (Å²) in [6.07, 6.45) is 5.91. The standard InChI is InChI=1S/C18H23N3O2/c1-21(2)13-5-10-17(22)19-12-6-14-23-16-9-3-7-15-8-4-11-20-18(15)16/h3-5,7-11H,6,12-14H2,1-2H3,(H,19,22)/b10-5+. The van der Waals surface area contributed by atoms with Crippen LogP contribution in [0.15, 0.2) is 48.7 Å². The molecule has 23 heavy (non-hydrogen) atoms. The van der Waals surface area contributed by atoms with E-state index in [1.165, 1.54) is 0 Å². The number of carbonyl (C=O) groups is 1. The van der Waals surface area contributed by atoms with Gasteiger partial charge in [-0.05, 0) is 32.6 Å². The molecule has 0 radical (unpaired) electrons. The van der Waals surface area contributed by atoms with Gasteiger partial charge in [-0.3, -0.25) is 9.78 Å². The van der Waals surface area contributed by atoms with Gasteiger partial charge in [-0.2, -0.15) is 0 Å². The molecular formula is C18H23N3O2. The maximum Gasteiger partial charge on any atom is 0.243 e. The molecular weight excluding hydrogens is 290 g/mol. The van der Waals surface area contributed by atoms with Gasteiger partial charge in [-0.1, -0.05) is 24.3 Å². The monoisotopic (exact) mass is 313 g/mol. The molecule has 5 heteroatoms. The van der Waals surface area contributed by atoms with Crippen LogP contribution in [0.4, 0.5) is 0 Å². The number of hydrogen-bond acceptors (Lipinski definition) is 4. The molecule has 0 saturated carbocycles. The van der Waals surface area contributed by atoms with Crippen LogP contribution in [0.3, 0.4) is 0 Å². The van der Waals surface area contributed by atoms with E-state index in [0.717, 1.165) is 29.6 Å². The van der Waals surface area contributed by atoms with Gasteiger partial charge in [0.25, 0.3) is 0 Å². The number of ether oxygens (including phenoxy) is 1. The Morgan fingerprint density at radius 3 is 2.96 bits per heavy atom. The average molecular weight is 313 g/mol. The summed E-state index contributed by atoms with van der Waals surface area (Å²) in [5.41, 5.74) is 0.866. The number of amides is 1. The molecule has 0 atom stereocenters. The number of aromatic nitrogens is 1. The Balaban J connectivity index is 1.71. The highest BCUT2D eigenvalue weighted by molar-refractivity contribution is 5.87. The predicted octanol–water partition coefficient (Wildman–Crippen LogP) is 2.24. The van der Waals surface area contributed by atoms with E-state index < -0.39 is 0 Å². The number of benzene rings is 1. The van der Waals surface area contributed by atoms with E-state index in [1.54, 1.807) is 12.3 Å². The summed E-state index contributed by atoms with van der Waals surface area (Å²) in [7, 11) is 3.92. The van der Waals surface area contributed by atoms with Crippen LogP contribution in [-0.4, -0.2) is 49.6 Å². The van der Waals surface area contributed by atoms with E-state index in [1.807, 2.05) is 55.4 Å². The van der Waals surface area contributed by atoms with Gasteiger partial charge in [0.1, 0.15) is 11.3 Å². The first-order chi connectivity index (χ1) is 11.2. The molecule has 2 aromatic rings. The van der Waals surface area contributed by atoms with Gasteiger partial charge in [-0.15, -0.1) is 0 Å². The molecule has 0 aliphatic heterocycles. The molecule has 1 N–H and O–H groups in total. The lowest BCUT2D eigenvalue weighted by atomic mass is 10.2. The molecule has 1 heterocycles. The summed E-state index contributed by atoms with van der Waals surface area (Å²) in [5, 5.41) is 3.90. The normalized spacial score (nSPS) is 11.3. The molecule has 0 fully saturated rings. The number of carbonyl (C=O) groups excluding carboxylic acids is 1. The Bertz CT molecular complexity index is 663. The molecule has 0 spiro atoms. The van der Waals surface area contributed by atoms with Gasteiger partial charge in [0.05, 0.1) is 6.61 Å². The van der Waals surface area contributed by atoms with Gasteiger partial charge in [0.2, 0.25) is 5.91 Å². The molecule has 0 bridgehead atoms. The molecule has 0 aliphatic carbocycles. The zero-order valence-electron chi connectivity index (χ0n) is 13.7. The van der Waals surface area contributed by atoms with Crippen molar-refractivity contribution in [2.24, 2.45) is 0 Å². The van der Waals surface area contributed by atoms with Crippen LogP contribution in [-0.2, 0) is 4.79 Å². The third-order valence-corrected chi connectivity index (χ3v) is 3.21. The summed E-state index contributed by atoms with van der Waals surface area (Å²) < 4.78 is 5.78. The topological polar surface area (TPSA) is 54.5 Å². The Labute approximate surface area is 137 Å². The van der Waals surface area contributed by atoms with Crippen molar-refractivity contribution in [3.05, 3.63) is 48.7 Å². The Hall–Kier alpha value is -2.40. The van der Waals surface area contributed by atoms with Crippen LogP contribution in [0, 0.1) is 0 Å². The van der Waals surface area contributed by atoms with Crippen LogP contribution in [0.2, 0.25) is 0 Å².